The SMILES string of the molecule is C=CC(c1ccccc1CN)S(=O)(=O)n1ccc2c(Br)cccc21. The maximum absolute atomic E-state index is 13.3. The lowest BCUT2D eigenvalue weighted by molar-refractivity contribution is 0.583. The molecule has 0 saturated carbocycles. The van der Waals surface area contributed by atoms with Gasteiger partial charge in [-0.1, -0.05) is 52.3 Å². The zero-order valence-corrected chi connectivity index (χ0v) is 15.3. The molecule has 0 amide bonds. The van der Waals surface area contributed by atoms with E-state index in [0.717, 1.165) is 15.4 Å². The summed E-state index contributed by atoms with van der Waals surface area (Å²) in [6.45, 7) is 4.02. The highest BCUT2D eigenvalue weighted by Crippen LogP contribution is 2.32. The molecule has 2 N–H and O–H groups in total. The Balaban J connectivity index is 2.21. The summed E-state index contributed by atoms with van der Waals surface area (Å²) in [5.41, 5.74) is 7.85. The first-order chi connectivity index (χ1) is 11.5. The summed E-state index contributed by atoms with van der Waals surface area (Å²) in [4.78, 5) is 0. The van der Waals surface area contributed by atoms with Gasteiger partial charge in [0, 0.05) is 22.6 Å². The lowest BCUT2D eigenvalue weighted by Crippen LogP contribution is -2.20. The van der Waals surface area contributed by atoms with Gasteiger partial charge in [0.15, 0.2) is 0 Å². The molecule has 3 rings (SSSR count). The Labute approximate surface area is 149 Å². The van der Waals surface area contributed by atoms with Gasteiger partial charge in [-0.25, -0.2) is 12.4 Å². The van der Waals surface area contributed by atoms with Crippen LogP contribution in [0, 0.1) is 0 Å². The van der Waals surface area contributed by atoms with Crippen LogP contribution in [0.15, 0.2) is 71.9 Å². The molecule has 0 aliphatic rings. The van der Waals surface area contributed by atoms with Gasteiger partial charge in [0.05, 0.1) is 5.52 Å². The Morgan fingerprint density at radius 2 is 1.92 bits per heavy atom. The Hall–Kier alpha value is -1.89. The van der Waals surface area contributed by atoms with Gasteiger partial charge in [-0.05, 0) is 29.3 Å². The van der Waals surface area contributed by atoms with E-state index in [1.807, 2.05) is 30.3 Å². The molecular weight excluding hydrogens is 388 g/mol. The molecular formula is C18H17BrN2O2S. The van der Waals surface area contributed by atoms with Crippen LogP contribution in [0.2, 0.25) is 0 Å². The molecule has 1 unspecified atom stereocenters. The van der Waals surface area contributed by atoms with Crippen molar-refractivity contribution in [2.75, 3.05) is 0 Å². The Morgan fingerprint density at radius 3 is 2.62 bits per heavy atom. The monoisotopic (exact) mass is 404 g/mol. The number of halogens is 1. The highest BCUT2D eigenvalue weighted by Gasteiger charge is 2.28. The second kappa shape index (κ2) is 6.55. The van der Waals surface area contributed by atoms with E-state index in [1.165, 1.54) is 10.0 Å². The molecule has 0 fully saturated rings. The van der Waals surface area contributed by atoms with Crippen molar-refractivity contribution in [3.05, 3.63) is 83.0 Å². The number of aromatic nitrogens is 1. The van der Waals surface area contributed by atoms with Crippen molar-refractivity contribution >= 4 is 36.9 Å². The summed E-state index contributed by atoms with van der Waals surface area (Å²) < 4.78 is 28.7. The van der Waals surface area contributed by atoms with Crippen LogP contribution in [-0.4, -0.2) is 12.4 Å². The second-order valence-corrected chi connectivity index (χ2v) is 8.17. The molecule has 6 heteroatoms. The van der Waals surface area contributed by atoms with Gasteiger partial charge in [0.1, 0.15) is 5.25 Å². The predicted octanol–water partition coefficient (Wildman–Crippen LogP) is 3.97. The zero-order chi connectivity index (χ0) is 17.3. The standard InChI is InChI=1S/C18H17BrN2O2S/c1-2-18(14-7-4-3-6-13(14)12-20)24(22,23)21-11-10-15-16(19)8-5-9-17(15)21/h2-11,18H,1,12,20H2. The zero-order valence-electron chi connectivity index (χ0n) is 12.9. The number of nitrogens with two attached hydrogens (primary N) is 1. The van der Waals surface area contributed by atoms with Crippen LogP contribution in [0.4, 0.5) is 0 Å². The smallest absolute Gasteiger partial charge is 0.249 e. The number of benzene rings is 2. The van der Waals surface area contributed by atoms with Crippen LogP contribution >= 0.6 is 15.9 Å². The van der Waals surface area contributed by atoms with Crippen LogP contribution in [0.25, 0.3) is 10.9 Å². The van der Waals surface area contributed by atoms with Crippen LogP contribution in [0.3, 0.4) is 0 Å². The van der Waals surface area contributed by atoms with Crippen molar-refractivity contribution in [3.8, 4) is 0 Å². The van der Waals surface area contributed by atoms with E-state index in [-0.39, 0.29) is 6.54 Å². The number of rotatable bonds is 5. The maximum atomic E-state index is 13.3. The molecule has 2 aromatic carbocycles. The third kappa shape index (κ3) is 2.70. The first-order valence-electron chi connectivity index (χ1n) is 7.41. The minimum atomic E-state index is -3.71. The van der Waals surface area contributed by atoms with Crippen LogP contribution in [0.1, 0.15) is 16.4 Å². The fourth-order valence-electron chi connectivity index (χ4n) is 2.86. The van der Waals surface area contributed by atoms with Gasteiger partial charge in [0.25, 0.3) is 0 Å². The van der Waals surface area contributed by atoms with Gasteiger partial charge in [-0.2, -0.15) is 0 Å². The van der Waals surface area contributed by atoms with Gasteiger partial charge in [0.2, 0.25) is 10.0 Å². The molecule has 0 aliphatic heterocycles. The van der Waals surface area contributed by atoms with Crippen molar-refractivity contribution < 1.29 is 8.42 Å². The molecule has 0 radical (unpaired) electrons. The summed E-state index contributed by atoms with van der Waals surface area (Å²) >= 11 is 3.45. The normalized spacial score (nSPS) is 13.1. The minimum absolute atomic E-state index is 0.272. The van der Waals surface area contributed by atoms with E-state index in [1.54, 1.807) is 24.4 Å². The van der Waals surface area contributed by atoms with E-state index in [0.29, 0.717) is 11.1 Å². The van der Waals surface area contributed by atoms with Gasteiger partial charge in [-0.3, -0.25) is 0 Å². The first kappa shape index (κ1) is 17.0. The number of hydrogen-bond acceptors (Lipinski definition) is 3. The lowest BCUT2D eigenvalue weighted by atomic mass is 10.0. The summed E-state index contributed by atoms with van der Waals surface area (Å²) in [6.07, 6.45) is 3.03. The number of hydrogen-bond donors (Lipinski definition) is 1. The average molecular weight is 405 g/mol. The Morgan fingerprint density at radius 1 is 1.17 bits per heavy atom. The third-order valence-electron chi connectivity index (χ3n) is 4.03. The Kier molecular flexibility index (Phi) is 4.62. The van der Waals surface area contributed by atoms with E-state index >= 15 is 0 Å². The second-order valence-electron chi connectivity index (χ2n) is 5.39. The molecule has 4 nitrogen and oxygen atoms in total. The van der Waals surface area contributed by atoms with Crippen molar-refractivity contribution in [2.45, 2.75) is 11.8 Å². The van der Waals surface area contributed by atoms with Crippen LogP contribution in [0.5, 0.6) is 0 Å². The topological polar surface area (TPSA) is 65.1 Å². The molecule has 124 valence electrons. The molecule has 3 aromatic rings. The van der Waals surface area contributed by atoms with Gasteiger partial charge in [-0.15, -0.1) is 6.58 Å². The largest absolute Gasteiger partial charge is 0.326 e. The predicted molar refractivity (Wildman–Crippen MR) is 101 cm³/mol. The lowest BCUT2D eigenvalue weighted by Gasteiger charge is -2.18. The summed E-state index contributed by atoms with van der Waals surface area (Å²) in [5, 5.41) is -0.0252. The van der Waals surface area contributed by atoms with Crippen LogP contribution in [-0.2, 0) is 16.6 Å². The highest BCUT2D eigenvalue weighted by atomic mass is 79.9. The molecule has 0 saturated heterocycles. The molecule has 0 bridgehead atoms. The van der Waals surface area contributed by atoms with E-state index < -0.39 is 15.3 Å². The molecule has 1 heterocycles. The fraction of sp³-hybridized carbons (Fsp3) is 0.111. The van der Waals surface area contributed by atoms with Crippen molar-refractivity contribution in [1.82, 2.24) is 3.97 Å². The van der Waals surface area contributed by atoms with Gasteiger partial charge < -0.3 is 5.73 Å². The van der Waals surface area contributed by atoms with Gasteiger partial charge >= 0.3 is 0 Å². The number of fused-ring (bicyclic) bond motifs is 1. The number of nitrogens with zero attached hydrogens (tertiary/aromatic N) is 1. The van der Waals surface area contributed by atoms with Crippen molar-refractivity contribution in [1.29, 1.82) is 0 Å². The van der Waals surface area contributed by atoms with Crippen molar-refractivity contribution in [3.63, 3.8) is 0 Å². The minimum Gasteiger partial charge on any atom is -0.326 e. The molecule has 1 aromatic heterocycles. The van der Waals surface area contributed by atoms with E-state index in [2.05, 4.69) is 22.5 Å². The van der Waals surface area contributed by atoms with E-state index in [9.17, 15) is 8.42 Å². The summed E-state index contributed by atoms with van der Waals surface area (Å²) in [5.74, 6) is 0. The summed E-state index contributed by atoms with van der Waals surface area (Å²) in [7, 11) is -3.71. The first-order valence-corrected chi connectivity index (χ1v) is 9.70. The van der Waals surface area contributed by atoms with E-state index in [4.69, 9.17) is 5.73 Å². The third-order valence-corrected chi connectivity index (χ3v) is 6.68. The highest BCUT2D eigenvalue weighted by molar-refractivity contribution is 9.10. The average Bonchev–Trinajstić information content (AvgIpc) is 3.02. The molecule has 1 atom stereocenters. The summed E-state index contributed by atoms with van der Waals surface area (Å²) in [6, 6.07) is 14.5. The molecule has 0 spiro atoms. The van der Waals surface area contributed by atoms with Crippen LogP contribution < -0.4 is 5.73 Å². The quantitative estimate of drug-likeness (QED) is 0.654. The Bertz CT molecular complexity index is 1010. The van der Waals surface area contributed by atoms with Crippen molar-refractivity contribution in [2.24, 2.45) is 5.73 Å². The molecule has 0 aliphatic carbocycles. The fourth-order valence-corrected chi connectivity index (χ4v) is 5.05. The molecule has 24 heavy (non-hydrogen) atoms. The maximum Gasteiger partial charge on any atom is 0.249 e.